The molecule has 0 aliphatic carbocycles. The van der Waals surface area contributed by atoms with Crippen molar-refractivity contribution in [1.29, 1.82) is 5.26 Å². The zero-order valence-corrected chi connectivity index (χ0v) is 12.5. The van der Waals surface area contributed by atoms with Crippen molar-refractivity contribution in [3.05, 3.63) is 64.2 Å². The van der Waals surface area contributed by atoms with Gasteiger partial charge in [-0.1, -0.05) is 17.7 Å². The standard InChI is InChI=1S/C17H12ClNO3/c1-22-16-7-2-11(9-15(16)20)8-13(10-19)17(21)12-3-5-14(18)6-4-12/h2-9,20H,1H3/b13-8+. The molecule has 0 spiro atoms. The normalized spacial score (nSPS) is 10.9. The number of aromatic hydroxyl groups is 1. The van der Waals surface area contributed by atoms with Crippen molar-refractivity contribution >= 4 is 23.5 Å². The van der Waals surface area contributed by atoms with Crippen LogP contribution in [0.15, 0.2) is 48.0 Å². The molecule has 0 fully saturated rings. The van der Waals surface area contributed by atoms with Gasteiger partial charge in [0.25, 0.3) is 0 Å². The molecule has 0 saturated heterocycles. The molecule has 2 aromatic rings. The fourth-order valence-electron chi connectivity index (χ4n) is 1.87. The number of hydrogen-bond acceptors (Lipinski definition) is 4. The van der Waals surface area contributed by atoms with Crippen molar-refractivity contribution in [2.75, 3.05) is 7.11 Å². The Balaban J connectivity index is 2.35. The van der Waals surface area contributed by atoms with E-state index in [-0.39, 0.29) is 11.3 Å². The number of benzene rings is 2. The van der Waals surface area contributed by atoms with Gasteiger partial charge in [-0.2, -0.15) is 5.26 Å². The summed E-state index contributed by atoms with van der Waals surface area (Å²) in [6, 6.07) is 12.8. The molecule has 0 bridgehead atoms. The van der Waals surface area contributed by atoms with E-state index in [9.17, 15) is 15.2 Å². The largest absolute Gasteiger partial charge is 0.504 e. The Morgan fingerprint density at radius 3 is 2.50 bits per heavy atom. The van der Waals surface area contributed by atoms with E-state index in [1.165, 1.54) is 19.3 Å². The van der Waals surface area contributed by atoms with Crippen molar-refractivity contribution in [3.63, 3.8) is 0 Å². The second-order valence-corrected chi connectivity index (χ2v) is 4.87. The number of Topliss-reactive ketones (excluding diaryl/α,β-unsaturated/α-hetero) is 1. The summed E-state index contributed by atoms with van der Waals surface area (Å²) >= 11 is 5.77. The van der Waals surface area contributed by atoms with Crippen LogP contribution < -0.4 is 4.74 Å². The Bertz CT molecular complexity index is 773. The molecule has 0 atom stereocenters. The summed E-state index contributed by atoms with van der Waals surface area (Å²) in [4.78, 5) is 12.3. The van der Waals surface area contributed by atoms with Gasteiger partial charge in [-0.05, 0) is 48.0 Å². The van der Waals surface area contributed by atoms with E-state index in [1.54, 1.807) is 36.4 Å². The first kappa shape index (κ1) is 15.6. The van der Waals surface area contributed by atoms with Gasteiger partial charge in [-0.3, -0.25) is 4.79 Å². The van der Waals surface area contributed by atoms with Gasteiger partial charge in [0, 0.05) is 10.6 Å². The number of ketones is 1. The maximum absolute atomic E-state index is 12.3. The quantitative estimate of drug-likeness (QED) is 0.529. The lowest BCUT2D eigenvalue weighted by Crippen LogP contribution is -2.01. The molecule has 0 aliphatic heterocycles. The summed E-state index contributed by atoms with van der Waals surface area (Å²) in [7, 11) is 1.44. The highest BCUT2D eigenvalue weighted by Gasteiger charge is 2.12. The summed E-state index contributed by atoms with van der Waals surface area (Å²) < 4.78 is 4.94. The molecule has 2 rings (SSSR count). The first-order valence-corrected chi connectivity index (χ1v) is 6.72. The number of phenolic OH excluding ortho intramolecular Hbond substituents is 1. The minimum absolute atomic E-state index is 0.0353. The van der Waals surface area contributed by atoms with Gasteiger partial charge in [0.2, 0.25) is 5.78 Å². The third kappa shape index (κ3) is 3.46. The Kier molecular flexibility index (Phi) is 4.82. The molecule has 0 unspecified atom stereocenters. The molecule has 0 aliphatic rings. The zero-order valence-electron chi connectivity index (χ0n) is 11.7. The average molecular weight is 314 g/mol. The van der Waals surface area contributed by atoms with Crippen molar-refractivity contribution in [3.8, 4) is 17.6 Å². The Hall–Kier alpha value is -2.77. The van der Waals surface area contributed by atoms with Crippen LogP contribution in [-0.2, 0) is 0 Å². The highest BCUT2D eigenvalue weighted by molar-refractivity contribution is 6.30. The van der Waals surface area contributed by atoms with Gasteiger partial charge < -0.3 is 9.84 Å². The topological polar surface area (TPSA) is 70.3 Å². The summed E-state index contributed by atoms with van der Waals surface area (Å²) in [6.07, 6.45) is 1.41. The van der Waals surface area contributed by atoms with Crippen molar-refractivity contribution in [2.45, 2.75) is 0 Å². The van der Waals surface area contributed by atoms with Gasteiger partial charge >= 0.3 is 0 Å². The predicted molar refractivity (Wildman–Crippen MR) is 84.0 cm³/mol. The van der Waals surface area contributed by atoms with E-state index in [0.717, 1.165) is 0 Å². The number of nitriles is 1. The van der Waals surface area contributed by atoms with Crippen molar-refractivity contribution in [2.24, 2.45) is 0 Å². The molecule has 0 heterocycles. The van der Waals surface area contributed by atoms with Gasteiger partial charge in [-0.25, -0.2) is 0 Å². The van der Waals surface area contributed by atoms with Crippen molar-refractivity contribution < 1.29 is 14.6 Å². The van der Waals surface area contributed by atoms with Crippen LogP contribution in [0.2, 0.25) is 5.02 Å². The summed E-state index contributed by atoms with van der Waals surface area (Å²) in [5, 5.41) is 19.4. The number of halogens is 1. The third-order valence-corrected chi connectivity index (χ3v) is 3.24. The number of carbonyl (C=O) groups is 1. The van der Waals surface area contributed by atoms with Crippen LogP contribution in [0.5, 0.6) is 11.5 Å². The van der Waals surface area contributed by atoms with E-state index in [1.807, 2.05) is 6.07 Å². The van der Waals surface area contributed by atoms with E-state index >= 15 is 0 Å². The Morgan fingerprint density at radius 1 is 1.27 bits per heavy atom. The van der Waals surface area contributed by atoms with E-state index in [2.05, 4.69) is 0 Å². The first-order chi connectivity index (χ1) is 10.5. The van der Waals surface area contributed by atoms with Gasteiger partial charge in [0.1, 0.15) is 11.6 Å². The Labute approximate surface area is 132 Å². The fourth-order valence-corrected chi connectivity index (χ4v) is 1.99. The molecule has 1 N–H and O–H groups in total. The molecule has 22 heavy (non-hydrogen) atoms. The second kappa shape index (κ2) is 6.79. The minimum atomic E-state index is -0.408. The fraction of sp³-hybridized carbons (Fsp3) is 0.0588. The molecule has 0 amide bonds. The van der Waals surface area contributed by atoms with Crippen LogP contribution in [0.25, 0.3) is 6.08 Å². The predicted octanol–water partition coefficient (Wildman–Crippen LogP) is 3.84. The molecule has 0 radical (unpaired) electrons. The number of methoxy groups -OCH3 is 1. The number of allylic oxidation sites excluding steroid dienone is 1. The number of ether oxygens (including phenoxy) is 1. The lowest BCUT2D eigenvalue weighted by Gasteiger charge is -2.04. The van der Waals surface area contributed by atoms with Gasteiger partial charge in [0.05, 0.1) is 7.11 Å². The number of carbonyl (C=O) groups excluding carboxylic acids is 1. The maximum atomic E-state index is 12.3. The zero-order chi connectivity index (χ0) is 16.1. The lowest BCUT2D eigenvalue weighted by atomic mass is 10.0. The average Bonchev–Trinajstić information content (AvgIpc) is 2.53. The molecule has 110 valence electrons. The van der Waals surface area contributed by atoms with Crippen LogP contribution in [0.3, 0.4) is 0 Å². The highest BCUT2D eigenvalue weighted by Crippen LogP contribution is 2.27. The lowest BCUT2D eigenvalue weighted by molar-refractivity contribution is 0.104. The van der Waals surface area contributed by atoms with Crippen LogP contribution in [0, 0.1) is 11.3 Å². The number of nitrogens with zero attached hydrogens (tertiary/aromatic N) is 1. The Morgan fingerprint density at radius 2 is 1.95 bits per heavy atom. The van der Waals surface area contributed by atoms with Crippen LogP contribution in [0.4, 0.5) is 0 Å². The minimum Gasteiger partial charge on any atom is -0.504 e. The highest BCUT2D eigenvalue weighted by atomic mass is 35.5. The number of hydrogen-bond donors (Lipinski definition) is 1. The monoisotopic (exact) mass is 313 g/mol. The van der Waals surface area contributed by atoms with Gasteiger partial charge in [-0.15, -0.1) is 0 Å². The van der Waals surface area contributed by atoms with E-state index < -0.39 is 5.78 Å². The summed E-state index contributed by atoms with van der Waals surface area (Å²) in [6.45, 7) is 0. The molecular formula is C17H12ClNO3. The molecule has 5 heteroatoms. The molecule has 4 nitrogen and oxygen atoms in total. The molecule has 0 saturated carbocycles. The summed E-state index contributed by atoms with van der Waals surface area (Å²) in [5.74, 6) is -0.151. The van der Waals surface area contributed by atoms with Gasteiger partial charge in [0.15, 0.2) is 11.5 Å². The summed E-state index contributed by atoms with van der Waals surface area (Å²) in [5.41, 5.74) is 0.860. The van der Waals surface area contributed by atoms with E-state index in [4.69, 9.17) is 16.3 Å². The van der Waals surface area contributed by atoms with Crippen LogP contribution >= 0.6 is 11.6 Å². The second-order valence-electron chi connectivity index (χ2n) is 4.44. The van der Waals surface area contributed by atoms with Crippen LogP contribution in [0.1, 0.15) is 15.9 Å². The molecular weight excluding hydrogens is 302 g/mol. The first-order valence-electron chi connectivity index (χ1n) is 6.34. The van der Waals surface area contributed by atoms with Crippen LogP contribution in [-0.4, -0.2) is 18.0 Å². The number of rotatable bonds is 4. The maximum Gasteiger partial charge on any atom is 0.203 e. The molecule has 2 aromatic carbocycles. The smallest absolute Gasteiger partial charge is 0.203 e. The number of phenols is 1. The van der Waals surface area contributed by atoms with Crippen molar-refractivity contribution in [1.82, 2.24) is 0 Å². The molecule has 0 aromatic heterocycles. The van der Waals surface area contributed by atoms with E-state index in [0.29, 0.717) is 21.9 Å². The third-order valence-electron chi connectivity index (χ3n) is 2.99. The SMILES string of the molecule is COc1ccc(/C=C(\C#N)C(=O)c2ccc(Cl)cc2)cc1O.